The number of carbonyl (C=O) groups excluding carboxylic acids is 5. The second kappa shape index (κ2) is 15.6. The number of primary amides is 2. The molecule has 0 fully saturated rings. The fourth-order valence-corrected chi connectivity index (χ4v) is 3.18. The summed E-state index contributed by atoms with van der Waals surface area (Å²) in [6.45, 7) is 7.12. The molecular formula is C22H40N6O7. The summed E-state index contributed by atoms with van der Waals surface area (Å²) in [5, 5.41) is 16.9. The molecule has 0 aliphatic rings. The van der Waals surface area contributed by atoms with Crippen LogP contribution in [0.3, 0.4) is 0 Å². The first-order valence-corrected chi connectivity index (χ1v) is 11.7. The van der Waals surface area contributed by atoms with Gasteiger partial charge in [0.1, 0.15) is 18.1 Å². The highest BCUT2D eigenvalue weighted by atomic mass is 16.4. The van der Waals surface area contributed by atoms with Crippen LogP contribution in [0.15, 0.2) is 0 Å². The number of amides is 5. The maximum atomic E-state index is 13.0. The molecule has 0 rings (SSSR count). The van der Waals surface area contributed by atoms with Crippen LogP contribution in [-0.4, -0.2) is 64.8 Å². The Morgan fingerprint density at radius 1 is 0.771 bits per heavy atom. The van der Waals surface area contributed by atoms with Crippen LogP contribution in [0.5, 0.6) is 0 Å². The highest BCUT2D eigenvalue weighted by Crippen LogP contribution is 2.11. The van der Waals surface area contributed by atoms with Crippen molar-refractivity contribution in [1.29, 1.82) is 0 Å². The van der Waals surface area contributed by atoms with Gasteiger partial charge in [0.2, 0.25) is 29.5 Å². The number of carboxylic acids is 1. The van der Waals surface area contributed by atoms with Crippen LogP contribution in [-0.2, 0) is 28.8 Å². The number of carboxylic acid groups (broad SMARTS) is 1. The van der Waals surface area contributed by atoms with Gasteiger partial charge in [0, 0.05) is 12.8 Å². The Morgan fingerprint density at radius 3 is 1.71 bits per heavy atom. The molecule has 0 aromatic heterocycles. The van der Waals surface area contributed by atoms with E-state index in [9.17, 15) is 33.9 Å². The zero-order valence-electron chi connectivity index (χ0n) is 20.8. The lowest BCUT2D eigenvalue weighted by Crippen LogP contribution is -2.58. The standard InChI is InChI=1S/C22H40N6O7/c1-5-12(4)18(22(34)35)28-21(33)15(10-11(2)3)27-20(32)14(7-9-17(25)30)26-19(31)13(23)6-8-16(24)29/h11-15,18H,5-10,23H2,1-4H3,(H2,24,29)(H2,25,30)(H,26,31)(H,27,32)(H,28,33)(H,34,35). The van der Waals surface area contributed by atoms with E-state index in [1.54, 1.807) is 13.8 Å². The number of hydrogen-bond donors (Lipinski definition) is 7. The van der Waals surface area contributed by atoms with Crippen molar-refractivity contribution in [2.24, 2.45) is 29.0 Å². The Balaban J connectivity index is 5.59. The zero-order chi connectivity index (χ0) is 27.3. The molecule has 0 heterocycles. The highest BCUT2D eigenvalue weighted by Gasteiger charge is 2.32. The van der Waals surface area contributed by atoms with E-state index in [1.165, 1.54) is 0 Å². The molecule has 0 spiro atoms. The third kappa shape index (κ3) is 12.7. The van der Waals surface area contributed by atoms with Crippen LogP contribution in [0.2, 0.25) is 0 Å². The lowest BCUT2D eigenvalue weighted by atomic mass is 9.97. The van der Waals surface area contributed by atoms with E-state index >= 15 is 0 Å². The molecule has 13 nitrogen and oxygen atoms in total. The molecule has 200 valence electrons. The van der Waals surface area contributed by atoms with E-state index in [2.05, 4.69) is 16.0 Å². The third-order valence-electron chi connectivity index (χ3n) is 5.47. The summed E-state index contributed by atoms with van der Waals surface area (Å²) in [4.78, 5) is 72.1. The predicted molar refractivity (Wildman–Crippen MR) is 127 cm³/mol. The average Bonchev–Trinajstić information content (AvgIpc) is 2.76. The second-order valence-electron chi connectivity index (χ2n) is 9.08. The van der Waals surface area contributed by atoms with Gasteiger partial charge in [-0.1, -0.05) is 34.1 Å². The van der Waals surface area contributed by atoms with E-state index in [1.807, 2.05) is 13.8 Å². The summed E-state index contributed by atoms with van der Waals surface area (Å²) in [7, 11) is 0. The Kier molecular flexibility index (Phi) is 14.2. The smallest absolute Gasteiger partial charge is 0.326 e. The molecule has 0 saturated carbocycles. The van der Waals surface area contributed by atoms with Crippen molar-refractivity contribution in [3.8, 4) is 0 Å². The van der Waals surface area contributed by atoms with Gasteiger partial charge in [-0.05, 0) is 31.1 Å². The van der Waals surface area contributed by atoms with E-state index in [4.69, 9.17) is 17.2 Å². The fourth-order valence-electron chi connectivity index (χ4n) is 3.18. The molecule has 0 aromatic carbocycles. The maximum absolute atomic E-state index is 13.0. The SMILES string of the molecule is CCC(C)C(NC(=O)C(CC(C)C)NC(=O)C(CCC(N)=O)NC(=O)C(N)CCC(N)=O)C(=O)O. The molecular weight excluding hydrogens is 460 g/mol. The van der Waals surface area contributed by atoms with E-state index in [0.29, 0.717) is 6.42 Å². The van der Waals surface area contributed by atoms with Crippen LogP contribution in [0, 0.1) is 11.8 Å². The topological polar surface area (TPSA) is 237 Å². The fraction of sp³-hybridized carbons (Fsp3) is 0.727. The van der Waals surface area contributed by atoms with Crippen molar-refractivity contribution in [2.75, 3.05) is 0 Å². The van der Waals surface area contributed by atoms with Crippen molar-refractivity contribution in [2.45, 2.75) is 90.4 Å². The first-order chi connectivity index (χ1) is 16.2. The molecule has 5 atom stereocenters. The van der Waals surface area contributed by atoms with Crippen molar-refractivity contribution in [3.63, 3.8) is 0 Å². The Bertz CT molecular complexity index is 773. The Labute approximate surface area is 205 Å². The van der Waals surface area contributed by atoms with Crippen molar-refractivity contribution in [3.05, 3.63) is 0 Å². The summed E-state index contributed by atoms with van der Waals surface area (Å²) >= 11 is 0. The number of hydrogen-bond acceptors (Lipinski definition) is 7. The van der Waals surface area contributed by atoms with Crippen molar-refractivity contribution in [1.82, 2.24) is 16.0 Å². The molecule has 0 bridgehead atoms. The first-order valence-electron chi connectivity index (χ1n) is 11.7. The molecule has 0 aliphatic carbocycles. The molecule has 0 radical (unpaired) electrons. The van der Waals surface area contributed by atoms with Crippen LogP contribution < -0.4 is 33.2 Å². The number of aliphatic carboxylic acids is 1. The summed E-state index contributed by atoms with van der Waals surface area (Å²) in [6, 6.07) is -4.62. The van der Waals surface area contributed by atoms with Crippen molar-refractivity contribution >= 4 is 35.5 Å². The van der Waals surface area contributed by atoms with Gasteiger partial charge in [-0.15, -0.1) is 0 Å². The predicted octanol–water partition coefficient (Wildman–Crippen LogP) is -1.52. The normalized spacial score (nSPS) is 15.3. The minimum Gasteiger partial charge on any atom is -0.480 e. The number of carbonyl (C=O) groups is 6. The van der Waals surface area contributed by atoms with E-state index in [-0.39, 0.29) is 43.9 Å². The van der Waals surface area contributed by atoms with Gasteiger partial charge in [-0.2, -0.15) is 0 Å². The van der Waals surface area contributed by atoms with Gasteiger partial charge >= 0.3 is 5.97 Å². The molecule has 35 heavy (non-hydrogen) atoms. The van der Waals surface area contributed by atoms with Crippen LogP contribution in [0.25, 0.3) is 0 Å². The molecule has 13 heteroatoms. The first kappa shape index (κ1) is 31.8. The Morgan fingerprint density at radius 2 is 1.26 bits per heavy atom. The zero-order valence-corrected chi connectivity index (χ0v) is 20.8. The van der Waals surface area contributed by atoms with Gasteiger partial charge in [0.25, 0.3) is 0 Å². The third-order valence-corrected chi connectivity index (χ3v) is 5.47. The molecule has 5 unspecified atom stereocenters. The second-order valence-corrected chi connectivity index (χ2v) is 9.08. The molecule has 0 saturated heterocycles. The summed E-state index contributed by atoms with van der Waals surface area (Å²) in [5.74, 6) is -5.13. The molecule has 0 aromatic rings. The summed E-state index contributed by atoms with van der Waals surface area (Å²) < 4.78 is 0. The molecule has 10 N–H and O–H groups in total. The maximum Gasteiger partial charge on any atom is 0.326 e. The average molecular weight is 501 g/mol. The van der Waals surface area contributed by atoms with Crippen molar-refractivity contribution < 1.29 is 33.9 Å². The lowest BCUT2D eigenvalue weighted by Gasteiger charge is -2.27. The number of nitrogens with two attached hydrogens (primary N) is 3. The monoisotopic (exact) mass is 500 g/mol. The van der Waals surface area contributed by atoms with Gasteiger partial charge < -0.3 is 38.3 Å². The van der Waals surface area contributed by atoms with E-state index < -0.39 is 59.7 Å². The number of nitrogens with one attached hydrogen (secondary N) is 3. The minimum absolute atomic E-state index is 0.0428. The van der Waals surface area contributed by atoms with Gasteiger partial charge in [0.05, 0.1) is 6.04 Å². The van der Waals surface area contributed by atoms with Crippen LogP contribution in [0.4, 0.5) is 0 Å². The van der Waals surface area contributed by atoms with Crippen LogP contribution in [0.1, 0.15) is 66.2 Å². The van der Waals surface area contributed by atoms with Gasteiger partial charge in [0.15, 0.2) is 0 Å². The number of rotatable bonds is 17. The van der Waals surface area contributed by atoms with E-state index in [0.717, 1.165) is 0 Å². The lowest BCUT2D eigenvalue weighted by molar-refractivity contribution is -0.144. The summed E-state index contributed by atoms with van der Waals surface area (Å²) in [5.41, 5.74) is 16.0. The molecule has 5 amide bonds. The minimum atomic E-state index is -1.25. The largest absolute Gasteiger partial charge is 0.480 e. The highest BCUT2D eigenvalue weighted by molar-refractivity contribution is 5.94. The van der Waals surface area contributed by atoms with Gasteiger partial charge in [-0.25, -0.2) is 4.79 Å². The quantitative estimate of drug-likeness (QED) is 0.123. The Hall–Kier alpha value is -3.22. The molecule has 0 aliphatic heterocycles. The summed E-state index contributed by atoms with van der Waals surface area (Å²) in [6.07, 6.45) is 0.135. The van der Waals surface area contributed by atoms with Gasteiger partial charge in [-0.3, -0.25) is 24.0 Å². The van der Waals surface area contributed by atoms with Crippen LogP contribution >= 0.6 is 0 Å².